The number of nitrogens with zero attached hydrogens (tertiary/aromatic N) is 4. The van der Waals surface area contributed by atoms with Gasteiger partial charge in [-0.3, -0.25) is 0 Å². The number of likely N-dealkylation sites (N-methyl/N-ethyl adjacent to an activating group) is 1. The topological polar surface area (TPSA) is 69.5 Å². The summed E-state index contributed by atoms with van der Waals surface area (Å²) >= 11 is 3.25. The maximum absolute atomic E-state index is 11.9. The average molecular weight is 349 g/mol. The number of hydrogen-bond donors (Lipinski definition) is 0. The van der Waals surface area contributed by atoms with E-state index in [1.807, 2.05) is 27.7 Å². The quantitative estimate of drug-likeness (QED) is 0.834. The normalized spacial score (nSPS) is 12.9. The van der Waals surface area contributed by atoms with Crippen molar-refractivity contribution < 1.29 is 14.3 Å². The Bertz CT molecular complexity index is 470. The zero-order valence-corrected chi connectivity index (χ0v) is 14.3. The van der Waals surface area contributed by atoms with Crippen molar-refractivity contribution in [1.29, 1.82) is 0 Å². The van der Waals surface area contributed by atoms with Crippen LogP contribution in [0.2, 0.25) is 0 Å². The van der Waals surface area contributed by atoms with Gasteiger partial charge in [0.15, 0.2) is 4.60 Å². The van der Waals surface area contributed by atoms with Crippen molar-refractivity contribution in [2.24, 2.45) is 7.05 Å². The minimum atomic E-state index is -0.514. The minimum Gasteiger partial charge on any atom is -0.472 e. The molecular weight excluding hydrogens is 328 g/mol. The van der Waals surface area contributed by atoms with Crippen LogP contribution in [-0.4, -0.2) is 51.3 Å². The lowest BCUT2D eigenvalue weighted by Gasteiger charge is -2.28. The van der Waals surface area contributed by atoms with E-state index in [0.29, 0.717) is 17.1 Å². The van der Waals surface area contributed by atoms with Gasteiger partial charge in [-0.05, 0) is 43.6 Å². The molecule has 0 fully saturated rings. The van der Waals surface area contributed by atoms with E-state index in [0.717, 1.165) is 0 Å². The molecule has 1 aromatic rings. The van der Waals surface area contributed by atoms with Gasteiger partial charge in [-0.25, -0.2) is 4.79 Å². The van der Waals surface area contributed by atoms with Crippen molar-refractivity contribution in [3.8, 4) is 5.88 Å². The predicted molar refractivity (Wildman–Crippen MR) is 77.7 cm³/mol. The second kappa shape index (κ2) is 6.43. The average Bonchev–Trinajstić information content (AvgIpc) is 2.61. The molecule has 8 heteroatoms. The molecule has 0 radical (unpaired) electrons. The first-order chi connectivity index (χ1) is 9.10. The number of aromatic nitrogens is 3. The number of ether oxygens (including phenoxy) is 2. The summed E-state index contributed by atoms with van der Waals surface area (Å²) in [5.74, 6) is 0.400. The zero-order valence-electron chi connectivity index (χ0n) is 12.7. The summed E-state index contributed by atoms with van der Waals surface area (Å²) in [7, 11) is 3.38. The minimum absolute atomic E-state index is 0.154. The van der Waals surface area contributed by atoms with Crippen molar-refractivity contribution in [2.45, 2.75) is 39.3 Å². The maximum atomic E-state index is 11.9. The number of amides is 1. The number of rotatable bonds is 4. The van der Waals surface area contributed by atoms with Gasteiger partial charge >= 0.3 is 6.09 Å². The summed E-state index contributed by atoms with van der Waals surface area (Å²) < 4.78 is 11.4. The highest BCUT2D eigenvalue weighted by atomic mass is 79.9. The Labute approximate surface area is 127 Å². The van der Waals surface area contributed by atoms with E-state index >= 15 is 0 Å². The molecule has 0 spiro atoms. The molecule has 0 unspecified atom stereocenters. The molecule has 0 aliphatic carbocycles. The van der Waals surface area contributed by atoms with E-state index in [-0.39, 0.29) is 12.1 Å². The Hall–Kier alpha value is -1.31. The largest absolute Gasteiger partial charge is 0.472 e. The Kier molecular flexibility index (Phi) is 5.38. The molecule has 0 N–H and O–H groups in total. The van der Waals surface area contributed by atoms with Gasteiger partial charge in [-0.15, -0.1) is 10.2 Å². The number of halogens is 1. The smallest absolute Gasteiger partial charge is 0.410 e. The molecule has 1 atom stereocenters. The number of carbonyl (C=O) groups excluding carboxylic acids is 1. The third kappa shape index (κ3) is 4.99. The number of carbonyl (C=O) groups is 1. The molecule has 114 valence electrons. The molecule has 20 heavy (non-hydrogen) atoms. The van der Waals surface area contributed by atoms with Crippen molar-refractivity contribution in [2.75, 3.05) is 13.7 Å². The van der Waals surface area contributed by atoms with Gasteiger partial charge in [0.1, 0.15) is 12.2 Å². The van der Waals surface area contributed by atoms with Crippen molar-refractivity contribution in [1.82, 2.24) is 19.9 Å². The van der Waals surface area contributed by atoms with E-state index in [4.69, 9.17) is 9.47 Å². The third-order valence-corrected chi connectivity index (χ3v) is 2.95. The van der Waals surface area contributed by atoms with Gasteiger partial charge in [-0.2, -0.15) is 4.80 Å². The zero-order chi connectivity index (χ0) is 15.5. The fraction of sp³-hybridized carbons (Fsp3) is 0.750. The summed E-state index contributed by atoms with van der Waals surface area (Å²) in [6.45, 7) is 7.66. The standard InChI is InChI=1S/C12H21BrN4O3/c1-8(16(5)11(18)20-12(2,3)4)7-19-10-9(13)14-17(6)15-10/h8H,7H2,1-6H3/t8-/m1/s1. The lowest BCUT2D eigenvalue weighted by Crippen LogP contribution is -2.42. The van der Waals surface area contributed by atoms with Crippen LogP contribution in [0.25, 0.3) is 0 Å². The number of hydrogen-bond acceptors (Lipinski definition) is 5. The highest BCUT2D eigenvalue weighted by molar-refractivity contribution is 9.10. The summed E-state index contributed by atoms with van der Waals surface area (Å²) in [4.78, 5) is 14.8. The first-order valence-corrected chi connectivity index (χ1v) is 7.05. The second-order valence-electron chi connectivity index (χ2n) is 5.54. The van der Waals surface area contributed by atoms with Crippen LogP contribution in [0.5, 0.6) is 5.88 Å². The van der Waals surface area contributed by atoms with E-state index < -0.39 is 5.60 Å². The van der Waals surface area contributed by atoms with Crippen LogP contribution in [-0.2, 0) is 11.8 Å². The molecular formula is C12H21BrN4O3. The summed E-state index contributed by atoms with van der Waals surface area (Å²) in [5, 5.41) is 8.06. The van der Waals surface area contributed by atoms with Gasteiger partial charge in [0.2, 0.25) is 0 Å². The lowest BCUT2D eigenvalue weighted by molar-refractivity contribution is 0.0193. The van der Waals surface area contributed by atoms with E-state index in [1.165, 1.54) is 9.70 Å². The van der Waals surface area contributed by atoms with Crippen LogP contribution in [0, 0.1) is 0 Å². The molecule has 0 aliphatic heterocycles. The fourth-order valence-corrected chi connectivity index (χ4v) is 1.70. The molecule has 1 amide bonds. The molecule has 0 aliphatic rings. The van der Waals surface area contributed by atoms with Crippen molar-refractivity contribution >= 4 is 22.0 Å². The first kappa shape index (κ1) is 16.7. The molecule has 0 saturated carbocycles. The van der Waals surface area contributed by atoms with Crippen LogP contribution in [0.3, 0.4) is 0 Å². The second-order valence-corrected chi connectivity index (χ2v) is 6.29. The molecule has 0 aromatic carbocycles. The first-order valence-electron chi connectivity index (χ1n) is 6.25. The highest BCUT2D eigenvalue weighted by Crippen LogP contribution is 2.19. The van der Waals surface area contributed by atoms with Crippen LogP contribution in [0.1, 0.15) is 27.7 Å². The maximum Gasteiger partial charge on any atom is 0.410 e. The number of aryl methyl sites for hydroxylation is 1. The van der Waals surface area contributed by atoms with E-state index in [1.54, 1.807) is 14.1 Å². The Morgan fingerprint density at radius 3 is 2.50 bits per heavy atom. The van der Waals surface area contributed by atoms with Gasteiger partial charge in [0.25, 0.3) is 5.88 Å². The SMILES string of the molecule is C[C@H](COc1nn(C)nc1Br)N(C)C(=O)OC(C)(C)C. The molecule has 1 aromatic heterocycles. The van der Waals surface area contributed by atoms with Crippen LogP contribution < -0.4 is 4.74 Å². The third-order valence-electron chi connectivity index (χ3n) is 2.45. The van der Waals surface area contributed by atoms with Gasteiger partial charge < -0.3 is 14.4 Å². The van der Waals surface area contributed by atoms with E-state index in [2.05, 4.69) is 26.1 Å². The van der Waals surface area contributed by atoms with E-state index in [9.17, 15) is 4.79 Å². The fourth-order valence-electron chi connectivity index (χ4n) is 1.28. The molecule has 1 heterocycles. The Morgan fingerprint density at radius 2 is 2.05 bits per heavy atom. The Morgan fingerprint density at radius 1 is 1.45 bits per heavy atom. The summed E-state index contributed by atoms with van der Waals surface area (Å²) in [5.41, 5.74) is -0.514. The lowest BCUT2D eigenvalue weighted by atomic mass is 10.2. The molecule has 0 saturated heterocycles. The van der Waals surface area contributed by atoms with Crippen molar-refractivity contribution in [3.63, 3.8) is 0 Å². The van der Waals surface area contributed by atoms with Crippen LogP contribution in [0.15, 0.2) is 4.60 Å². The Balaban J connectivity index is 2.52. The highest BCUT2D eigenvalue weighted by Gasteiger charge is 2.23. The van der Waals surface area contributed by atoms with Gasteiger partial charge in [0.05, 0.1) is 6.04 Å². The van der Waals surface area contributed by atoms with Gasteiger partial charge in [0, 0.05) is 14.1 Å². The predicted octanol–water partition coefficient (Wildman–Crippen LogP) is 2.21. The van der Waals surface area contributed by atoms with Gasteiger partial charge in [-0.1, -0.05) is 0 Å². The summed E-state index contributed by atoms with van der Waals surface area (Å²) in [6, 6.07) is -0.154. The molecule has 0 bridgehead atoms. The monoisotopic (exact) mass is 348 g/mol. The molecule has 1 rings (SSSR count). The van der Waals surface area contributed by atoms with Crippen LogP contribution >= 0.6 is 15.9 Å². The van der Waals surface area contributed by atoms with Crippen LogP contribution in [0.4, 0.5) is 4.79 Å². The summed E-state index contributed by atoms with van der Waals surface area (Å²) in [6.07, 6.45) is -0.383. The van der Waals surface area contributed by atoms with Crippen molar-refractivity contribution in [3.05, 3.63) is 4.60 Å². The molecule has 7 nitrogen and oxygen atoms in total.